The molecule has 0 heterocycles. The molecule has 1 aromatic carbocycles. The van der Waals surface area contributed by atoms with E-state index < -0.39 is 11.4 Å². The maximum absolute atomic E-state index is 13.3. The molecule has 1 aliphatic rings. The van der Waals surface area contributed by atoms with Crippen molar-refractivity contribution >= 4 is 11.6 Å². The number of nitriles is 1. The smallest absolute Gasteiger partial charge is 0.240 e. The van der Waals surface area contributed by atoms with Crippen LogP contribution in [0.4, 0.5) is 10.1 Å². The summed E-state index contributed by atoms with van der Waals surface area (Å²) in [7, 11) is 0. The fourth-order valence-electron chi connectivity index (χ4n) is 2.00. The molecule has 4 nitrogen and oxygen atoms in total. The van der Waals surface area contributed by atoms with Crippen LogP contribution in [-0.2, 0) is 4.79 Å². The van der Waals surface area contributed by atoms with Gasteiger partial charge in [-0.3, -0.25) is 4.79 Å². The quantitative estimate of drug-likeness (QED) is 0.852. The number of hydrogen-bond donors (Lipinski definition) is 2. The van der Waals surface area contributed by atoms with E-state index in [9.17, 15) is 9.18 Å². The number of carbonyl (C=O) groups excluding carboxylic acids is 1. The van der Waals surface area contributed by atoms with Gasteiger partial charge in [0.05, 0.1) is 18.3 Å². The molecule has 0 bridgehead atoms. The SMILES string of the molecule is C[C@](C#N)(NC(=O)CNc1ccccc1F)C1CC1. The lowest BCUT2D eigenvalue weighted by molar-refractivity contribution is -0.120. The second-order valence-corrected chi connectivity index (χ2v) is 4.97. The highest BCUT2D eigenvalue weighted by Crippen LogP contribution is 2.39. The van der Waals surface area contributed by atoms with Gasteiger partial charge in [-0.05, 0) is 37.8 Å². The standard InChI is InChI=1S/C14H16FN3O/c1-14(9-16,10-6-7-10)18-13(19)8-17-12-5-3-2-4-11(12)15/h2-5,10,17H,6-8H2,1H3,(H,18,19)/t14-/m1/s1. The third-order valence-electron chi connectivity index (χ3n) is 3.34. The molecule has 0 unspecified atom stereocenters. The van der Waals surface area contributed by atoms with Gasteiger partial charge in [0.15, 0.2) is 0 Å². The first-order valence-electron chi connectivity index (χ1n) is 6.26. The normalized spacial score (nSPS) is 17.1. The van der Waals surface area contributed by atoms with Crippen LogP contribution >= 0.6 is 0 Å². The minimum absolute atomic E-state index is 0.0507. The van der Waals surface area contributed by atoms with Gasteiger partial charge in [0.2, 0.25) is 5.91 Å². The molecule has 5 heteroatoms. The Morgan fingerprint density at radius 3 is 2.79 bits per heavy atom. The van der Waals surface area contributed by atoms with Crippen molar-refractivity contribution in [1.82, 2.24) is 5.32 Å². The zero-order valence-corrected chi connectivity index (χ0v) is 10.7. The number of hydrogen-bond acceptors (Lipinski definition) is 3. The summed E-state index contributed by atoms with van der Waals surface area (Å²) in [4.78, 5) is 11.8. The number of halogens is 1. The molecular formula is C14H16FN3O. The highest BCUT2D eigenvalue weighted by Gasteiger charge is 2.42. The second kappa shape index (κ2) is 5.27. The molecule has 0 radical (unpaired) electrons. The number of nitrogens with one attached hydrogen (secondary N) is 2. The Morgan fingerprint density at radius 1 is 1.53 bits per heavy atom. The molecule has 1 saturated carbocycles. The largest absolute Gasteiger partial charge is 0.374 e. The van der Waals surface area contributed by atoms with Crippen molar-refractivity contribution in [3.8, 4) is 6.07 Å². The van der Waals surface area contributed by atoms with Gasteiger partial charge in [0.1, 0.15) is 11.4 Å². The van der Waals surface area contributed by atoms with Crippen molar-refractivity contribution in [2.24, 2.45) is 5.92 Å². The third kappa shape index (κ3) is 3.22. The van der Waals surface area contributed by atoms with E-state index >= 15 is 0 Å². The fourth-order valence-corrected chi connectivity index (χ4v) is 2.00. The Bertz CT molecular complexity index is 522. The van der Waals surface area contributed by atoms with E-state index in [0.717, 1.165) is 12.8 Å². The Morgan fingerprint density at radius 2 is 2.21 bits per heavy atom. The van der Waals surface area contributed by atoms with Crippen LogP contribution in [0, 0.1) is 23.1 Å². The summed E-state index contributed by atoms with van der Waals surface area (Å²) >= 11 is 0. The van der Waals surface area contributed by atoms with Gasteiger partial charge in [-0.1, -0.05) is 12.1 Å². The van der Waals surface area contributed by atoms with Crippen LogP contribution in [-0.4, -0.2) is 18.0 Å². The van der Waals surface area contributed by atoms with Crippen molar-refractivity contribution in [2.75, 3.05) is 11.9 Å². The molecule has 19 heavy (non-hydrogen) atoms. The van der Waals surface area contributed by atoms with Crippen LogP contribution in [0.2, 0.25) is 0 Å². The Hall–Kier alpha value is -2.09. The zero-order valence-electron chi connectivity index (χ0n) is 10.7. The number of carbonyl (C=O) groups is 1. The second-order valence-electron chi connectivity index (χ2n) is 4.97. The molecule has 0 aliphatic heterocycles. The Balaban J connectivity index is 1.88. The maximum atomic E-state index is 13.3. The van der Waals surface area contributed by atoms with Gasteiger partial charge >= 0.3 is 0 Å². The van der Waals surface area contributed by atoms with E-state index in [-0.39, 0.29) is 24.1 Å². The molecular weight excluding hydrogens is 245 g/mol. The van der Waals surface area contributed by atoms with E-state index in [1.807, 2.05) is 0 Å². The number of nitrogens with zero attached hydrogens (tertiary/aromatic N) is 1. The molecule has 1 amide bonds. The van der Waals surface area contributed by atoms with Crippen molar-refractivity contribution in [3.63, 3.8) is 0 Å². The van der Waals surface area contributed by atoms with Gasteiger partial charge < -0.3 is 10.6 Å². The van der Waals surface area contributed by atoms with E-state index in [2.05, 4.69) is 16.7 Å². The molecule has 2 N–H and O–H groups in total. The summed E-state index contributed by atoms with van der Waals surface area (Å²) < 4.78 is 13.3. The Labute approximate surface area is 111 Å². The van der Waals surface area contributed by atoms with Gasteiger partial charge in [0.25, 0.3) is 0 Å². The molecule has 1 aliphatic carbocycles. The number of anilines is 1. The van der Waals surface area contributed by atoms with Crippen LogP contribution in [0.25, 0.3) is 0 Å². The van der Waals surface area contributed by atoms with Gasteiger partial charge in [0, 0.05) is 0 Å². The van der Waals surface area contributed by atoms with Gasteiger partial charge in [-0.2, -0.15) is 5.26 Å². The fraction of sp³-hybridized carbons (Fsp3) is 0.429. The van der Waals surface area contributed by atoms with Crippen LogP contribution in [0.15, 0.2) is 24.3 Å². The third-order valence-corrected chi connectivity index (χ3v) is 3.34. The van der Waals surface area contributed by atoms with Crippen LogP contribution in [0.5, 0.6) is 0 Å². The zero-order chi connectivity index (χ0) is 13.9. The van der Waals surface area contributed by atoms with Crippen molar-refractivity contribution < 1.29 is 9.18 Å². The average Bonchev–Trinajstić information content (AvgIpc) is 3.22. The van der Waals surface area contributed by atoms with Crippen LogP contribution in [0.1, 0.15) is 19.8 Å². The van der Waals surface area contributed by atoms with E-state index in [0.29, 0.717) is 0 Å². The Kier molecular flexibility index (Phi) is 3.70. The molecule has 100 valence electrons. The van der Waals surface area contributed by atoms with E-state index in [4.69, 9.17) is 5.26 Å². The molecule has 2 rings (SSSR count). The number of para-hydroxylation sites is 1. The molecule has 1 atom stereocenters. The first-order valence-corrected chi connectivity index (χ1v) is 6.26. The minimum atomic E-state index is -0.812. The molecule has 0 saturated heterocycles. The highest BCUT2D eigenvalue weighted by molar-refractivity contribution is 5.82. The maximum Gasteiger partial charge on any atom is 0.240 e. The number of benzene rings is 1. The minimum Gasteiger partial charge on any atom is -0.374 e. The number of amides is 1. The highest BCUT2D eigenvalue weighted by atomic mass is 19.1. The van der Waals surface area contributed by atoms with E-state index in [1.165, 1.54) is 6.07 Å². The predicted octanol–water partition coefficient (Wildman–Crippen LogP) is 2.05. The topological polar surface area (TPSA) is 64.9 Å². The predicted molar refractivity (Wildman–Crippen MR) is 69.8 cm³/mol. The summed E-state index contributed by atoms with van der Waals surface area (Å²) in [5, 5.41) is 14.6. The average molecular weight is 261 g/mol. The monoisotopic (exact) mass is 261 g/mol. The first-order chi connectivity index (χ1) is 9.05. The van der Waals surface area contributed by atoms with Crippen molar-refractivity contribution in [1.29, 1.82) is 5.26 Å². The molecule has 0 aromatic heterocycles. The molecule has 0 spiro atoms. The van der Waals surface area contributed by atoms with Crippen LogP contribution < -0.4 is 10.6 Å². The number of rotatable bonds is 5. The summed E-state index contributed by atoms with van der Waals surface area (Å²) in [5.74, 6) is -0.477. The summed E-state index contributed by atoms with van der Waals surface area (Å²) in [6.07, 6.45) is 1.93. The lowest BCUT2D eigenvalue weighted by atomic mass is 9.98. The van der Waals surface area contributed by atoms with Crippen molar-refractivity contribution in [3.05, 3.63) is 30.1 Å². The lowest BCUT2D eigenvalue weighted by Crippen LogP contribution is -2.48. The van der Waals surface area contributed by atoms with Crippen LogP contribution in [0.3, 0.4) is 0 Å². The van der Waals surface area contributed by atoms with Gasteiger partial charge in [-0.15, -0.1) is 0 Å². The summed E-state index contributed by atoms with van der Waals surface area (Å²) in [6.45, 7) is 1.68. The molecule has 1 fully saturated rings. The van der Waals surface area contributed by atoms with Gasteiger partial charge in [-0.25, -0.2) is 4.39 Å². The first kappa shape index (κ1) is 13.3. The van der Waals surface area contributed by atoms with Crippen molar-refractivity contribution in [2.45, 2.75) is 25.3 Å². The summed E-state index contributed by atoms with van der Waals surface area (Å²) in [5.41, 5.74) is -0.531. The lowest BCUT2D eigenvalue weighted by Gasteiger charge is -2.23. The van der Waals surface area contributed by atoms with E-state index in [1.54, 1.807) is 25.1 Å². The summed E-state index contributed by atoms with van der Waals surface area (Å²) in [6, 6.07) is 8.30. The molecule has 1 aromatic rings.